The van der Waals surface area contributed by atoms with Gasteiger partial charge in [-0.2, -0.15) is 4.39 Å². The molecule has 1 saturated heterocycles. The van der Waals surface area contributed by atoms with Crippen LogP contribution in [-0.2, 0) is 6.54 Å². The third-order valence-corrected chi connectivity index (χ3v) is 3.58. The number of hydrogen-bond donors (Lipinski definition) is 2. The summed E-state index contributed by atoms with van der Waals surface area (Å²) in [7, 11) is 0. The van der Waals surface area contributed by atoms with Crippen LogP contribution in [0.2, 0.25) is 0 Å². The maximum atomic E-state index is 13.3. The highest BCUT2D eigenvalue weighted by Crippen LogP contribution is 2.15. The summed E-state index contributed by atoms with van der Waals surface area (Å²) < 4.78 is 14.2. The number of aromatic nitrogens is 2. The van der Waals surface area contributed by atoms with Crippen molar-refractivity contribution in [1.82, 2.24) is 14.5 Å². The second kappa shape index (κ2) is 5.56. The Hall–Kier alpha value is -1.63. The zero-order chi connectivity index (χ0) is 14.0. The van der Waals surface area contributed by atoms with Gasteiger partial charge in [0.15, 0.2) is 0 Å². The maximum Gasteiger partial charge on any atom is 0.331 e. The van der Waals surface area contributed by atoms with Gasteiger partial charge >= 0.3 is 5.69 Å². The summed E-state index contributed by atoms with van der Waals surface area (Å²) in [5.41, 5.74) is -1.97. The van der Waals surface area contributed by atoms with Gasteiger partial charge in [-0.15, -0.1) is 0 Å². The van der Waals surface area contributed by atoms with E-state index in [4.69, 9.17) is 0 Å². The van der Waals surface area contributed by atoms with Crippen molar-refractivity contribution < 1.29 is 9.50 Å². The smallest absolute Gasteiger partial charge is 0.331 e. The molecule has 0 aliphatic carbocycles. The molecule has 1 aliphatic heterocycles. The van der Waals surface area contributed by atoms with E-state index in [1.807, 2.05) is 11.9 Å². The lowest BCUT2D eigenvalue weighted by Gasteiger charge is -2.32. The average Bonchev–Trinajstić information content (AvgIpc) is 2.42. The Morgan fingerprint density at radius 3 is 2.58 bits per heavy atom. The topological polar surface area (TPSA) is 78.3 Å². The minimum absolute atomic E-state index is 0.00537. The Bertz CT molecular complexity index is 560. The molecule has 1 atom stereocenters. The van der Waals surface area contributed by atoms with Gasteiger partial charge in [0.05, 0.1) is 0 Å². The highest BCUT2D eigenvalue weighted by Gasteiger charge is 2.20. The Morgan fingerprint density at radius 1 is 1.32 bits per heavy atom. The molecule has 1 fully saturated rings. The minimum Gasteiger partial charge on any atom is -0.492 e. The monoisotopic (exact) mass is 271 g/mol. The molecule has 0 amide bonds. The van der Waals surface area contributed by atoms with Gasteiger partial charge in [0, 0.05) is 12.6 Å². The third kappa shape index (κ3) is 2.86. The molecule has 6 nitrogen and oxygen atoms in total. The molecule has 1 aromatic heterocycles. The number of halogens is 1. The van der Waals surface area contributed by atoms with Crippen molar-refractivity contribution in [2.45, 2.75) is 38.8 Å². The Morgan fingerprint density at radius 2 is 1.95 bits per heavy atom. The number of piperidine rings is 1. The van der Waals surface area contributed by atoms with Crippen LogP contribution in [0.5, 0.6) is 5.88 Å². The van der Waals surface area contributed by atoms with Gasteiger partial charge in [0.1, 0.15) is 0 Å². The molecule has 2 N–H and O–H groups in total. The normalized spacial score (nSPS) is 18.4. The molecule has 0 aromatic carbocycles. The van der Waals surface area contributed by atoms with Crippen LogP contribution in [0.25, 0.3) is 0 Å². The largest absolute Gasteiger partial charge is 0.492 e. The second-order valence-electron chi connectivity index (χ2n) is 4.95. The quantitative estimate of drug-likeness (QED) is 0.826. The van der Waals surface area contributed by atoms with Gasteiger partial charge < -0.3 is 5.11 Å². The van der Waals surface area contributed by atoms with E-state index in [1.54, 1.807) is 0 Å². The first-order valence-corrected chi connectivity index (χ1v) is 6.46. The number of nitrogens with one attached hydrogen (secondary N) is 1. The molecule has 2 rings (SSSR count). The molecule has 19 heavy (non-hydrogen) atoms. The molecule has 0 saturated carbocycles. The summed E-state index contributed by atoms with van der Waals surface area (Å²) in [6.45, 7) is 3.93. The van der Waals surface area contributed by atoms with Crippen molar-refractivity contribution in [3.05, 3.63) is 26.7 Å². The number of aromatic hydroxyl groups is 1. The van der Waals surface area contributed by atoms with Crippen LogP contribution in [0.3, 0.4) is 0 Å². The molecule has 1 aromatic rings. The van der Waals surface area contributed by atoms with Crippen molar-refractivity contribution in [2.24, 2.45) is 0 Å². The van der Waals surface area contributed by atoms with Crippen molar-refractivity contribution in [2.75, 3.05) is 13.1 Å². The third-order valence-electron chi connectivity index (χ3n) is 3.58. The first-order valence-electron chi connectivity index (χ1n) is 6.46. The molecule has 106 valence electrons. The number of nitrogens with zero attached hydrogens (tertiary/aromatic N) is 2. The fraction of sp³-hybridized carbons (Fsp3) is 0.667. The molecule has 0 radical (unpaired) electrons. The summed E-state index contributed by atoms with van der Waals surface area (Å²) in [5.74, 6) is -2.21. The summed E-state index contributed by atoms with van der Waals surface area (Å²) in [4.78, 5) is 26.6. The standard InChI is InChI=1S/C12H18FN3O3/c1-8(15-5-3-2-4-6-15)7-16-11(18)9(13)10(17)14-12(16)19/h8,18H,2-7H2,1H3,(H,14,17,19). The van der Waals surface area contributed by atoms with Crippen LogP contribution >= 0.6 is 0 Å². The SMILES string of the molecule is CC(Cn1c(O)c(F)c(=O)[nH]c1=O)N1CCCCC1. The Balaban J connectivity index is 2.21. The predicted octanol–water partition coefficient (Wildman–Crippen LogP) is 0.256. The lowest BCUT2D eigenvalue weighted by Crippen LogP contribution is -2.43. The highest BCUT2D eigenvalue weighted by molar-refractivity contribution is 5.09. The molecular formula is C12H18FN3O3. The number of rotatable bonds is 3. The van der Waals surface area contributed by atoms with Gasteiger partial charge in [-0.25, -0.2) is 4.79 Å². The van der Waals surface area contributed by atoms with E-state index in [9.17, 15) is 19.1 Å². The zero-order valence-electron chi connectivity index (χ0n) is 10.9. The van der Waals surface area contributed by atoms with Gasteiger partial charge in [-0.3, -0.25) is 19.2 Å². The van der Waals surface area contributed by atoms with Gasteiger partial charge in [0.25, 0.3) is 5.56 Å². The highest BCUT2D eigenvalue weighted by atomic mass is 19.1. The summed E-state index contributed by atoms with van der Waals surface area (Å²) in [5, 5.41) is 9.56. The van der Waals surface area contributed by atoms with Crippen molar-refractivity contribution in [1.29, 1.82) is 0 Å². The molecule has 1 unspecified atom stereocenters. The number of likely N-dealkylation sites (tertiary alicyclic amines) is 1. The van der Waals surface area contributed by atoms with E-state index in [1.165, 1.54) is 6.42 Å². The summed E-state index contributed by atoms with van der Waals surface area (Å²) >= 11 is 0. The van der Waals surface area contributed by atoms with Gasteiger partial charge in [-0.05, 0) is 32.9 Å². The minimum atomic E-state index is -1.31. The summed E-state index contributed by atoms with van der Waals surface area (Å²) in [6, 6.07) is -0.00537. The number of H-pyrrole nitrogens is 1. The number of aromatic amines is 1. The first-order chi connectivity index (χ1) is 9.00. The molecule has 0 bridgehead atoms. The van der Waals surface area contributed by atoms with E-state index < -0.39 is 22.9 Å². The summed E-state index contributed by atoms with van der Waals surface area (Å²) in [6.07, 6.45) is 3.40. The van der Waals surface area contributed by atoms with Crippen molar-refractivity contribution in [3.63, 3.8) is 0 Å². The molecule has 2 heterocycles. The lowest BCUT2D eigenvalue weighted by molar-refractivity contribution is 0.154. The van der Waals surface area contributed by atoms with E-state index in [0.29, 0.717) is 0 Å². The Labute approximate surface area is 109 Å². The van der Waals surface area contributed by atoms with Crippen LogP contribution in [0.4, 0.5) is 4.39 Å². The van der Waals surface area contributed by atoms with Crippen molar-refractivity contribution in [3.8, 4) is 5.88 Å². The van der Waals surface area contributed by atoms with E-state index in [-0.39, 0.29) is 12.6 Å². The Kier molecular flexibility index (Phi) is 4.04. The van der Waals surface area contributed by atoms with E-state index in [0.717, 1.165) is 30.5 Å². The van der Waals surface area contributed by atoms with Crippen LogP contribution < -0.4 is 11.2 Å². The molecule has 0 spiro atoms. The van der Waals surface area contributed by atoms with Crippen molar-refractivity contribution >= 4 is 0 Å². The van der Waals surface area contributed by atoms with Crippen LogP contribution in [0.15, 0.2) is 9.59 Å². The second-order valence-corrected chi connectivity index (χ2v) is 4.95. The van der Waals surface area contributed by atoms with E-state index in [2.05, 4.69) is 4.90 Å². The van der Waals surface area contributed by atoms with Crippen LogP contribution in [-0.4, -0.2) is 38.7 Å². The molecule has 7 heteroatoms. The maximum absolute atomic E-state index is 13.3. The lowest BCUT2D eigenvalue weighted by atomic mass is 10.1. The van der Waals surface area contributed by atoms with Crippen LogP contribution in [0.1, 0.15) is 26.2 Å². The zero-order valence-corrected chi connectivity index (χ0v) is 10.9. The average molecular weight is 271 g/mol. The molecular weight excluding hydrogens is 253 g/mol. The first kappa shape index (κ1) is 13.8. The van der Waals surface area contributed by atoms with Crippen LogP contribution in [0, 0.1) is 5.82 Å². The molecule has 1 aliphatic rings. The fourth-order valence-corrected chi connectivity index (χ4v) is 2.44. The predicted molar refractivity (Wildman–Crippen MR) is 67.8 cm³/mol. The van der Waals surface area contributed by atoms with E-state index >= 15 is 0 Å². The van der Waals surface area contributed by atoms with Gasteiger partial charge in [-0.1, -0.05) is 6.42 Å². The van der Waals surface area contributed by atoms with Gasteiger partial charge in [0.2, 0.25) is 11.7 Å². The number of hydrogen-bond acceptors (Lipinski definition) is 4. The fourth-order valence-electron chi connectivity index (χ4n) is 2.44.